The van der Waals surface area contributed by atoms with E-state index in [4.69, 9.17) is 0 Å². The van der Waals surface area contributed by atoms with E-state index in [9.17, 15) is 0 Å². The van der Waals surface area contributed by atoms with E-state index in [1.54, 1.807) is 0 Å². The lowest BCUT2D eigenvalue weighted by Gasteiger charge is -2.25. The van der Waals surface area contributed by atoms with Crippen molar-refractivity contribution in [2.45, 2.75) is 138 Å². The molecule has 0 nitrogen and oxygen atoms in total. The summed E-state index contributed by atoms with van der Waals surface area (Å²) in [6, 6.07) is 4.87. The van der Waals surface area contributed by atoms with E-state index in [0.717, 1.165) is 0 Å². The Kier molecular flexibility index (Phi) is 10.7. The largest absolute Gasteiger partial charge is 0.0541 e. The number of benzene rings is 6. The van der Waals surface area contributed by atoms with Crippen LogP contribution in [0.4, 0.5) is 0 Å². The highest BCUT2D eigenvalue weighted by atomic mass is 14.3. The summed E-state index contributed by atoms with van der Waals surface area (Å²) in [6.45, 7) is 46.1. The van der Waals surface area contributed by atoms with Gasteiger partial charge in [0.05, 0.1) is 0 Å². The van der Waals surface area contributed by atoms with Crippen molar-refractivity contribution in [3.05, 3.63) is 146 Å². The molecule has 290 valence electrons. The molecule has 0 spiro atoms. The Hall–Kier alpha value is -4.68. The lowest BCUT2D eigenvalue weighted by Crippen LogP contribution is -2.05. The fourth-order valence-electron chi connectivity index (χ4n) is 9.97. The van der Waals surface area contributed by atoms with Crippen LogP contribution in [0.3, 0.4) is 0 Å². The Bertz CT molecular complexity index is 2500. The van der Waals surface area contributed by atoms with Crippen LogP contribution in [0.1, 0.15) is 134 Å². The van der Waals surface area contributed by atoms with Crippen LogP contribution >= 0.6 is 0 Å². The molecule has 0 heteroatoms. The van der Waals surface area contributed by atoms with Crippen molar-refractivity contribution < 1.29 is 0 Å². The molecule has 0 atom stereocenters. The zero-order valence-electron chi connectivity index (χ0n) is 38.5. The van der Waals surface area contributed by atoms with Crippen LogP contribution in [0.2, 0.25) is 0 Å². The van der Waals surface area contributed by atoms with Gasteiger partial charge in [-0.1, -0.05) is 24.3 Å². The van der Waals surface area contributed by atoms with Crippen LogP contribution in [0.5, 0.6) is 0 Å². The third-order valence-corrected chi connectivity index (χ3v) is 15.3. The molecule has 0 aliphatic rings. The molecular formula is C56H66. The van der Waals surface area contributed by atoms with Crippen LogP contribution in [-0.4, -0.2) is 0 Å². The second kappa shape index (κ2) is 14.7. The molecule has 0 unspecified atom stereocenters. The first-order chi connectivity index (χ1) is 26.1. The minimum Gasteiger partial charge on any atom is -0.0541 e. The number of hydrogen-bond donors (Lipinski definition) is 0. The first kappa shape index (κ1) is 41.0. The van der Waals surface area contributed by atoms with E-state index in [0.29, 0.717) is 0 Å². The highest BCUT2D eigenvalue weighted by molar-refractivity contribution is 5.98. The van der Waals surface area contributed by atoms with Gasteiger partial charge in [0.25, 0.3) is 0 Å². The van der Waals surface area contributed by atoms with Gasteiger partial charge in [0.2, 0.25) is 0 Å². The average molecular weight is 739 g/mol. The van der Waals surface area contributed by atoms with Crippen molar-refractivity contribution in [3.63, 3.8) is 0 Å². The van der Waals surface area contributed by atoms with Crippen LogP contribution in [-0.2, 0) is 0 Å². The predicted octanol–water partition coefficient (Wildman–Crippen LogP) is 16.2. The molecule has 0 aliphatic carbocycles. The lowest BCUT2D eigenvalue weighted by molar-refractivity contribution is 1.19. The van der Waals surface area contributed by atoms with Crippen LogP contribution < -0.4 is 0 Å². The van der Waals surface area contributed by atoms with Crippen molar-refractivity contribution in [2.24, 2.45) is 0 Å². The molecule has 0 amide bonds. The molecule has 0 N–H and O–H groups in total. The smallest absolute Gasteiger partial charge is 0.0114 e. The summed E-state index contributed by atoms with van der Waals surface area (Å²) in [6.07, 6.45) is 9.51. The van der Waals surface area contributed by atoms with Gasteiger partial charge in [-0.2, -0.15) is 0 Å². The summed E-state index contributed by atoms with van der Waals surface area (Å²) in [5.41, 5.74) is 35.9. The Labute approximate surface area is 339 Å². The zero-order valence-corrected chi connectivity index (χ0v) is 38.5. The van der Waals surface area contributed by atoms with E-state index < -0.39 is 0 Å². The van der Waals surface area contributed by atoms with Gasteiger partial charge in [-0.25, -0.2) is 0 Å². The maximum absolute atomic E-state index is 2.43. The Morgan fingerprint density at radius 1 is 0.232 bits per heavy atom. The summed E-state index contributed by atoms with van der Waals surface area (Å²) in [5, 5.41) is 5.63. The summed E-state index contributed by atoms with van der Waals surface area (Å²) in [4.78, 5) is 0. The molecule has 56 heavy (non-hydrogen) atoms. The van der Waals surface area contributed by atoms with Crippen molar-refractivity contribution in [1.29, 1.82) is 0 Å². The third kappa shape index (κ3) is 6.11. The number of fused-ring (bicyclic) bond motifs is 2. The van der Waals surface area contributed by atoms with Gasteiger partial charge in [-0.05, 0) is 317 Å². The Morgan fingerprint density at radius 2 is 0.482 bits per heavy atom. The number of aryl methyl sites for hydroxylation is 6. The van der Waals surface area contributed by atoms with E-state index in [-0.39, 0.29) is 0 Å². The first-order valence-corrected chi connectivity index (χ1v) is 20.7. The lowest BCUT2D eigenvalue weighted by atomic mass is 9.79. The minimum absolute atomic E-state index is 1.31. The van der Waals surface area contributed by atoms with Crippen molar-refractivity contribution in [1.82, 2.24) is 0 Å². The van der Waals surface area contributed by atoms with Gasteiger partial charge in [0.15, 0.2) is 0 Å². The zero-order chi connectivity index (χ0) is 41.6. The second-order valence-corrected chi connectivity index (χ2v) is 17.5. The molecule has 0 saturated carbocycles. The summed E-state index contributed by atoms with van der Waals surface area (Å²) in [5.74, 6) is 0. The summed E-state index contributed by atoms with van der Waals surface area (Å²) < 4.78 is 0. The molecule has 0 aromatic heterocycles. The number of rotatable bonds is 5. The topological polar surface area (TPSA) is 0 Å². The normalized spacial score (nSPS) is 12.1. The molecular weight excluding hydrogens is 673 g/mol. The Morgan fingerprint density at radius 3 is 0.768 bits per heavy atom. The third-order valence-electron chi connectivity index (χ3n) is 15.3. The minimum atomic E-state index is 1.31. The van der Waals surface area contributed by atoms with Crippen molar-refractivity contribution in [2.75, 3.05) is 0 Å². The molecule has 0 aliphatic heterocycles. The highest BCUT2D eigenvalue weighted by Crippen LogP contribution is 2.43. The molecule has 0 bridgehead atoms. The maximum atomic E-state index is 2.43. The SMILES string of the molecule is Cc1c(C)c(-c2c(C)c(C)c(C=Cc3cc4c(C)c(C)c(C)c(C)c4c(C)c3C)c(C)c2C)c(C)c(C)c1C=Cc1cc2c(C)c(C)c(C)c(C)c2c(C)c1C. The molecule has 6 aromatic carbocycles. The van der Waals surface area contributed by atoms with E-state index in [1.165, 1.54) is 166 Å². The molecule has 6 aromatic rings. The van der Waals surface area contributed by atoms with Gasteiger partial charge < -0.3 is 0 Å². The Balaban J connectivity index is 1.45. The highest BCUT2D eigenvalue weighted by Gasteiger charge is 2.22. The van der Waals surface area contributed by atoms with Crippen LogP contribution in [0, 0.1) is 138 Å². The number of hydrogen-bond acceptors (Lipinski definition) is 0. The van der Waals surface area contributed by atoms with Gasteiger partial charge >= 0.3 is 0 Å². The fraction of sp³-hybridized carbons (Fsp3) is 0.357. The first-order valence-electron chi connectivity index (χ1n) is 20.7. The second-order valence-electron chi connectivity index (χ2n) is 17.5. The molecule has 0 heterocycles. The monoisotopic (exact) mass is 739 g/mol. The van der Waals surface area contributed by atoms with Gasteiger partial charge in [0, 0.05) is 0 Å². The summed E-state index contributed by atoms with van der Waals surface area (Å²) >= 11 is 0. The van der Waals surface area contributed by atoms with Crippen molar-refractivity contribution >= 4 is 45.8 Å². The molecule has 6 rings (SSSR count). The summed E-state index contributed by atoms with van der Waals surface area (Å²) in [7, 11) is 0. The molecule has 0 fully saturated rings. The van der Waals surface area contributed by atoms with Crippen LogP contribution in [0.15, 0.2) is 12.1 Å². The molecule has 0 radical (unpaired) electrons. The van der Waals surface area contributed by atoms with Crippen molar-refractivity contribution in [3.8, 4) is 11.1 Å². The van der Waals surface area contributed by atoms with E-state index in [2.05, 4.69) is 175 Å². The fourth-order valence-corrected chi connectivity index (χ4v) is 9.97. The maximum Gasteiger partial charge on any atom is -0.0114 e. The molecule has 0 saturated heterocycles. The van der Waals surface area contributed by atoms with Gasteiger partial charge in [0.1, 0.15) is 0 Å². The average Bonchev–Trinajstić information content (AvgIpc) is 3.17. The van der Waals surface area contributed by atoms with Gasteiger partial charge in [-0.3, -0.25) is 0 Å². The predicted molar refractivity (Wildman–Crippen MR) is 252 cm³/mol. The van der Waals surface area contributed by atoms with Gasteiger partial charge in [-0.15, -0.1) is 0 Å². The van der Waals surface area contributed by atoms with Crippen LogP contribution in [0.25, 0.3) is 57.0 Å². The van der Waals surface area contributed by atoms with E-state index >= 15 is 0 Å². The van der Waals surface area contributed by atoms with E-state index in [1.807, 2.05) is 0 Å². The quantitative estimate of drug-likeness (QED) is 0.155. The standard InChI is InChI=1S/C56H66/c1-27-29(3)39(13)53-41(15)31(5)47(25-51(53)33(27)7)21-23-49-35(9)43(17)55(44(18)36(49)10)56-45(19)37(11)50(38(12)46(56)20)24-22-48-26-52-34(8)28(2)30(4)40(14)54(52)42(16)32(48)6/h21-26H,1-20H3.